The maximum atomic E-state index is 12.9. The van der Waals surface area contributed by atoms with Crippen LogP contribution in [-0.4, -0.2) is 6.29 Å². The fourth-order valence-corrected chi connectivity index (χ4v) is 2.06. The van der Waals surface area contributed by atoms with E-state index in [0.717, 1.165) is 6.29 Å². The van der Waals surface area contributed by atoms with Crippen LogP contribution in [0.4, 0.5) is 4.39 Å². The van der Waals surface area contributed by atoms with Crippen LogP contribution in [0.1, 0.15) is 15.9 Å². The first kappa shape index (κ1) is 14.0. The number of benzene rings is 2. The Morgan fingerprint density at radius 3 is 2.74 bits per heavy atom. The number of carbonyl (C=O) groups excluding carboxylic acids is 1. The summed E-state index contributed by atoms with van der Waals surface area (Å²) in [4.78, 5) is 10.8. The van der Waals surface area contributed by atoms with Gasteiger partial charge in [-0.25, -0.2) is 4.39 Å². The second kappa shape index (κ2) is 6.17. The molecule has 19 heavy (non-hydrogen) atoms. The number of ether oxygens (including phenoxy) is 1. The SMILES string of the molecule is O=Cc1cc(OCc2ccc(F)cc2Cl)ccc1Br. The second-order valence-electron chi connectivity index (χ2n) is 3.83. The molecule has 5 heteroatoms. The lowest BCUT2D eigenvalue weighted by Gasteiger charge is -2.09. The summed E-state index contributed by atoms with van der Waals surface area (Å²) in [5.41, 5.74) is 1.18. The van der Waals surface area contributed by atoms with Crippen LogP contribution in [-0.2, 0) is 6.61 Å². The van der Waals surface area contributed by atoms with Gasteiger partial charge in [0, 0.05) is 15.6 Å². The summed E-state index contributed by atoms with van der Waals surface area (Å²) in [6.07, 6.45) is 0.738. The molecule has 0 unspecified atom stereocenters. The van der Waals surface area contributed by atoms with Crippen molar-refractivity contribution in [3.8, 4) is 5.75 Å². The molecule has 0 bridgehead atoms. The normalized spacial score (nSPS) is 10.3. The maximum absolute atomic E-state index is 12.9. The summed E-state index contributed by atoms with van der Waals surface area (Å²) in [5.74, 6) is 0.159. The van der Waals surface area contributed by atoms with Crippen molar-refractivity contribution in [3.63, 3.8) is 0 Å². The summed E-state index contributed by atoms with van der Waals surface area (Å²) in [5, 5.41) is 0.313. The van der Waals surface area contributed by atoms with E-state index in [4.69, 9.17) is 16.3 Å². The van der Waals surface area contributed by atoms with Gasteiger partial charge in [0.2, 0.25) is 0 Å². The third-order valence-electron chi connectivity index (χ3n) is 2.50. The Morgan fingerprint density at radius 2 is 2.05 bits per heavy atom. The van der Waals surface area contributed by atoms with Crippen LogP contribution >= 0.6 is 27.5 Å². The van der Waals surface area contributed by atoms with Crippen LogP contribution in [0.25, 0.3) is 0 Å². The van der Waals surface area contributed by atoms with Crippen molar-refractivity contribution in [1.82, 2.24) is 0 Å². The first-order valence-electron chi connectivity index (χ1n) is 5.41. The van der Waals surface area contributed by atoms with Gasteiger partial charge in [-0.05, 0) is 30.3 Å². The van der Waals surface area contributed by atoms with Crippen LogP contribution in [0, 0.1) is 5.82 Å². The number of carbonyl (C=O) groups is 1. The molecule has 0 N–H and O–H groups in total. The van der Waals surface area contributed by atoms with Gasteiger partial charge in [-0.2, -0.15) is 0 Å². The van der Waals surface area contributed by atoms with Gasteiger partial charge in [0.15, 0.2) is 6.29 Å². The topological polar surface area (TPSA) is 26.3 Å². The molecule has 98 valence electrons. The van der Waals surface area contributed by atoms with E-state index < -0.39 is 0 Å². The van der Waals surface area contributed by atoms with Crippen LogP contribution in [0.2, 0.25) is 5.02 Å². The highest BCUT2D eigenvalue weighted by Gasteiger charge is 2.05. The summed E-state index contributed by atoms with van der Waals surface area (Å²) in [6.45, 7) is 0.207. The zero-order chi connectivity index (χ0) is 13.8. The van der Waals surface area contributed by atoms with Crippen molar-refractivity contribution >= 4 is 33.8 Å². The smallest absolute Gasteiger partial charge is 0.151 e. The molecule has 0 aliphatic heterocycles. The summed E-state index contributed by atoms with van der Waals surface area (Å²) in [6, 6.07) is 9.20. The zero-order valence-corrected chi connectivity index (χ0v) is 12.0. The molecule has 2 nitrogen and oxygen atoms in total. The van der Waals surface area contributed by atoms with Gasteiger partial charge in [0.05, 0.1) is 5.02 Å². The Morgan fingerprint density at radius 1 is 1.26 bits per heavy atom. The highest BCUT2D eigenvalue weighted by molar-refractivity contribution is 9.10. The molecule has 0 aliphatic rings. The Labute approximate surface area is 123 Å². The molecular weight excluding hydrogens is 335 g/mol. The lowest BCUT2D eigenvalue weighted by atomic mass is 10.2. The van der Waals surface area contributed by atoms with E-state index in [1.54, 1.807) is 24.3 Å². The molecule has 2 aromatic carbocycles. The highest BCUT2D eigenvalue weighted by atomic mass is 79.9. The van der Waals surface area contributed by atoms with E-state index in [0.29, 0.717) is 26.4 Å². The fourth-order valence-electron chi connectivity index (χ4n) is 1.50. The van der Waals surface area contributed by atoms with E-state index in [2.05, 4.69) is 15.9 Å². The Hall–Kier alpha value is -1.39. The zero-order valence-electron chi connectivity index (χ0n) is 9.70. The molecule has 2 aromatic rings. The number of hydrogen-bond acceptors (Lipinski definition) is 2. The van der Waals surface area contributed by atoms with Gasteiger partial charge in [0.1, 0.15) is 18.2 Å². The minimum absolute atomic E-state index is 0.207. The van der Waals surface area contributed by atoms with Crippen LogP contribution < -0.4 is 4.74 Å². The van der Waals surface area contributed by atoms with Crippen molar-refractivity contribution in [2.45, 2.75) is 6.61 Å². The van der Waals surface area contributed by atoms with E-state index in [-0.39, 0.29) is 12.4 Å². The number of halogens is 3. The van der Waals surface area contributed by atoms with Crippen LogP contribution in [0.15, 0.2) is 40.9 Å². The summed E-state index contributed by atoms with van der Waals surface area (Å²) >= 11 is 9.15. The molecule has 0 amide bonds. The predicted molar refractivity (Wildman–Crippen MR) is 75.3 cm³/mol. The number of rotatable bonds is 4. The van der Waals surface area contributed by atoms with Crippen molar-refractivity contribution in [3.05, 3.63) is 62.8 Å². The summed E-state index contributed by atoms with van der Waals surface area (Å²) < 4.78 is 19.1. The number of hydrogen-bond donors (Lipinski definition) is 0. The Balaban J connectivity index is 2.12. The standard InChI is InChI=1S/C14H9BrClFO2/c15-13-4-3-12(5-10(13)7-18)19-8-9-1-2-11(17)6-14(9)16/h1-7H,8H2. The quantitative estimate of drug-likeness (QED) is 0.756. The van der Waals surface area contributed by atoms with Gasteiger partial charge >= 0.3 is 0 Å². The lowest BCUT2D eigenvalue weighted by molar-refractivity contribution is 0.112. The Kier molecular flexibility index (Phi) is 4.56. The Bertz CT molecular complexity index is 616. The van der Waals surface area contributed by atoms with E-state index in [9.17, 15) is 9.18 Å². The van der Waals surface area contributed by atoms with Gasteiger partial charge in [0.25, 0.3) is 0 Å². The average Bonchev–Trinajstić information content (AvgIpc) is 2.39. The molecule has 0 saturated carbocycles. The molecule has 0 spiro atoms. The van der Waals surface area contributed by atoms with Crippen molar-refractivity contribution in [2.75, 3.05) is 0 Å². The van der Waals surface area contributed by atoms with E-state index in [1.165, 1.54) is 12.1 Å². The molecule has 0 radical (unpaired) electrons. The third-order valence-corrected chi connectivity index (χ3v) is 3.58. The third kappa shape index (κ3) is 3.55. The molecule has 0 fully saturated rings. The fraction of sp³-hybridized carbons (Fsp3) is 0.0714. The van der Waals surface area contributed by atoms with Gasteiger partial charge in [-0.15, -0.1) is 0 Å². The summed E-state index contributed by atoms with van der Waals surface area (Å²) in [7, 11) is 0. The molecule has 0 aliphatic carbocycles. The molecular formula is C14H9BrClFO2. The maximum Gasteiger partial charge on any atom is 0.151 e. The average molecular weight is 344 g/mol. The minimum atomic E-state index is -0.388. The minimum Gasteiger partial charge on any atom is -0.489 e. The first-order chi connectivity index (χ1) is 9.10. The van der Waals surface area contributed by atoms with Crippen molar-refractivity contribution in [1.29, 1.82) is 0 Å². The molecule has 0 aromatic heterocycles. The number of aldehydes is 1. The lowest BCUT2D eigenvalue weighted by Crippen LogP contribution is -1.97. The predicted octanol–water partition coefficient (Wildman–Crippen LogP) is 4.63. The van der Waals surface area contributed by atoms with Crippen LogP contribution in [0.5, 0.6) is 5.75 Å². The highest BCUT2D eigenvalue weighted by Crippen LogP contribution is 2.23. The van der Waals surface area contributed by atoms with Crippen molar-refractivity contribution in [2.24, 2.45) is 0 Å². The van der Waals surface area contributed by atoms with Gasteiger partial charge in [-0.3, -0.25) is 4.79 Å². The molecule has 0 heterocycles. The largest absolute Gasteiger partial charge is 0.489 e. The van der Waals surface area contributed by atoms with Gasteiger partial charge < -0.3 is 4.74 Å². The van der Waals surface area contributed by atoms with E-state index >= 15 is 0 Å². The first-order valence-corrected chi connectivity index (χ1v) is 6.58. The van der Waals surface area contributed by atoms with Crippen molar-refractivity contribution < 1.29 is 13.9 Å². The molecule has 2 rings (SSSR count). The van der Waals surface area contributed by atoms with E-state index in [1.807, 2.05) is 0 Å². The molecule has 0 atom stereocenters. The van der Waals surface area contributed by atoms with Gasteiger partial charge in [-0.1, -0.05) is 33.6 Å². The second-order valence-corrected chi connectivity index (χ2v) is 5.09. The monoisotopic (exact) mass is 342 g/mol. The molecule has 0 saturated heterocycles. The van der Waals surface area contributed by atoms with Crippen LogP contribution in [0.3, 0.4) is 0 Å².